The standard InChI is InChI=1S/C24H19F3N2O4/c1-22-11-17(32-15-6-4-3-5-7-15)23(2,33-22)19-18(22)20(30)29(21(19)31)14-9-8-13(12-28)16(10-14)24(25,26)27/h3-10,17,30-31H,11H2,1-2H3/t17-,22+,23-/m1/s1. The number of alkyl halides is 3. The number of rotatable bonds is 3. The Morgan fingerprint density at radius 2 is 1.76 bits per heavy atom. The summed E-state index contributed by atoms with van der Waals surface area (Å²) in [4.78, 5) is 0. The molecule has 0 radical (unpaired) electrons. The molecule has 9 heteroatoms. The van der Waals surface area contributed by atoms with Crippen molar-refractivity contribution in [2.75, 3.05) is 0 Å². The molecule has 2 aliphatic rings. The highest BCUT2D eigenvalue weighted by Gasteiger charge is 2.65. The van der Waals surface area contributed by atoms with E-state index in [-0.39, 0.29) is 11.3 Å². The fourth-order valence-electron chi connectivity index (χ4n) is 5.07. The van der Waals surface area contributed by atoms with Crippen LogP contribution in [0.1, 0.15) is 42.5 Å². The molecular formula is C24H19F3N2O4. The second kappa shape index (κ2) is 6.68. The summed E-state index contributed by atoms with van der Waals surface area (Å²) in [6.07, 6.45) is -4.93. The maximum atomic E-state index is 13.5. The number of aromatic hydroxyl groups is 2. The Bertz CT molecular complexity index is 1310. The molecule has 5 rings (SSSR count). The van der Waals surface area contributed by atoms with Gasteiger partial charge in [-0.25, -0.2) is 0 Å². The van der Waals surface area contributed by atoms with Crippen molar-refractivity contribution in [2.24, 2.45) is 0 Å². The monoisotopic (exact) mass is 456 g/mol. The van der Waals surface area contributed by atoms with E-state index in [1.807, 2.05) is 18.2 Å². The highest BCUT2D eigenvalue weighted by molar-refractivity contribution is 5.62. The number of fused-ring (bicyclic) bond motifs is 5. The summed E-state index contributed by atoms with van der Waals surface area (Å²) in [5.74, 6) is -0.243. The van der Waals surface area contributed by atoms with Crippen molar-refractivity contribution >= 4 is 0 Å². The van der Waals surface area contributed by atoms with Gasteiger partial charge in [0.15, 0.2) is 0 Å². The van der Waals surface area contributed by atoms with E-state index in [0.717, 1.165) is 16.7 Å². The lowest BCUT2D eigenvalue weighted by Gasteiger charge is -2.30. The number of hydrogen-bond acceptors (Lipinski definition) is 5. The molecule has 3 heterocycles. The summed E-state index contributed by atoms with van der Waals surface area (Å²) in [5, 5.41) is 31.2. The summed E-state index contributed by atoms with van der Waals surface area (Å²) in [6.45, 7) is 3.47. The molecule has 2 N–H and O–H groups in total. The zero-order valence-corrected chi connectivity index (χ0v) is 17.6. The molecule has 0 saturated carbocycles. The number of aromatic nitrogens is 1. The van der Waals surface area contributed by atoms with Gasteiger partial charge in [-0.3, -0.25) is 4.57 Å². The van der Waals surface area contributed by atoms with E-state index in [2.05, 4.69) is 0 Å². The lowest BCUT2D eigenvalue weighted by atomic mass is 9.78. The molecule has 1 fully saturated rings. The predicted molar refractivity (Wildman–Crippen MR) is 110 cm³/mol. The normalized spacial score (nSPS) is 25.6. The number of benzene rings is 2. The minimum atomic E-state index is -4.78. The molecule has 1 aromatic heterocycles. The van der Waals surface area contributed by atoms with Crippen LogP contribution in [0.4, 0.5) is 13.2 Å². The average Bonchev–Trinajstić information content (AvgIpc) is 3.28. The van der Waals surface area contributed by atoms with Gasteiger partial charge in [0.1, 0.15) is 23.1 Å². The van der Waals surface area contributed by atoms with Crippen molar-refractivity contribution in [2.45, 2.75) is 43.8 Å². The maximum absolute atomic E-state index is 13.5. The molecule has 170 valence electrons. The first-order valence-electron chi connectivity index (χ1n) is 10.2. The first-order chi connectivity index (χ1) is 15.5. The molecule has 2 aromatic carbocycles. The third-order valence-electron chi connectivity index (χ3n) is 6.48. The fourth-order valence-corrected chi connectivity index (χ4v) is 5.07. The van der Waals surface area contributed by atoms with Gasteiger partial charge >= 0.3 is 6.18 Å². The molecular weight excluding hydrogens is 437 g/mol. The molecule has 6 nitrogen and oxygen atoms in total. The minimum absolute atomic E-state index is 0.127. The van der Waals surface area contributed by atoms with Crippen LogP contribution in [0, 0.1) is 11.3 Å². The Labute approximate surface area is 187 Å². The van der Waals surface area contributed by atoms with Gasteiger partial charge < -0.3 is 19.7 Å². The van der Waals surface area contributed by atoms with E-state index in [1.165, 1.54) is 12.1 Å². The van der Waals surface area contributed by atoms with Crippen LogP contribution in [0.2, 0.25) is 0 Å². The number of nitrogens with zero attached hydrogens (tertiary/aromatic N) is 2. The van der Waals surface area contributed by atoms with Gasteiger partial charge in [-0.15, -0.1) is 0 Å². The smallest absolute Gasteiger partial charge is 0.417 e. The maximum Gasteiger partial charge on any atom is 0.417 e. The van der Waals surface area contributed by atoms with Crippen LogP contribution in [-0.2, 0) is 22.1 Å². The summed E-state index contributed by atoms with van der Waals surface area (Å²) in [6, 6.07) is 13.6. The van der Waals surface area contributed by atoms with Gasteiger partial charge in [-0.2, -0.15) is 18.4 Å². The van der Waals surface area contributed by atoms with Crippen LogP contribution < -0.4 is 4.74 Å². The quantitative estimate of drug-likeness (QED) is 0.573. The molecule has 3 atom stereocenters. The van der Waals surface area contributed by atoms with Gasteiger partial charge in [-0.05, 0) is 44.2 Å². The summed E-state index contributed by atoms with van der Waals surface area (Å²) < 4.78 is 53.8. The first-order valence-corrected chi connectivity index (χ1v) is 10.2. The second-order valence-corrected chi connectivity index (χ2v) is 8.64. The highest BCUT2D eigenvalue weighted by Crippen LogP contribution is 2.64. The number of para-hydroxylation sites is 1. The molecule has 0 aliphatic carbocycles. The van der Waals surface area contributed by atoms with E-state index in [9.17, 15) is 23.4 Å². The van der Waals surface area contributed by atoms with Gasteiger partial charge in [0.05, 0.1) is 34.0 Å². The Morgan fingerprint density at radius 3 is 2.39 bits per heavy atom. The largest absolute Gasteiger partial charge is 0.494 e. The lowest BCUT2D eigenvalue weighted by Crippen LogP contribution is -2.37. The van der Waals surface area contributed by atoms with Gasteiger partial charge in [-0.1, -0.05) is 18.2 Å². The van der Waals surface area contributed by atoms with Gasteiger partial charge in [0.25, 0.3) is 0 Å². The Morgan fingerprint density at radius 1 is 1.09 bits per heavy atom. The second-order valence-electron chi connectivity index (χ2n) is 8.64. The van der Waals surface area contributed by atoms with Crippen LogP contribution >= 0.6 is 0 Å². The third-order valence-corrected chi connectivity index (χ3v) is 6.48. The van der Waals surface area contributed by atoms with Crippen molar-refractivity contribution < 1.29 is 32.9 Å². The molecule has 0 amide bonds. The van der Waals surface area contributed by atoms with E-state index in [0.29, 0.717) is 17.7 Å². The van der Waals surface area contributed by atoms with E-state index >= 15 is 0 Å². The van der Waals surface area contributed by atoms with Crippen molar-refractivity contribution in [1.29, 1.82) is 5.26 Å². The molecule has 0 spiro atoms. The van der Waals surface area contributed by atoms with E-state index < -0.39 is 46.4 Å². The molecule has 33 heavy (non-hydrogen) atoms. The van der Waals surface area contributed by atoms with Crippen molar-refractivity contribution in [1.82, 2.24) is 4.57 Å². The highest BCUT2D eigenvalue weighted by atomic mass is 19.4. The van der Waals surface area contributed by atoms with Crippen LogP contribution in [0.3, 0.4) is 0 Å². The van der Waals surface area contributed by atoms with Crippen LogP contribution in [0.15, 0.2) is 48.5 Å². The summed E-state index contributed by atoms with van der Waals surface area (Å²) in [7, 11) is 0. The number of ether oxygens (including phenoxy) is 2. The Hall–Kier alpha value is -3.64. The summed E-state index contributed by atoms with van der Waals surface area (Å²) in [5.41, 5.74) is -3.42. The number of halogens is 3. The molecule has 3 aromatic rings. The molecule has 2 aliphatic heterocycles. The fraction of sp³-hybridized carbons (Fsp3) is 0.292. The van der Waals surface area contributed by atoms with Gasteiger partial charge in [0, 0.05) is 6.42 Å². The van der Waals surface area contributed by atoms with Crippen molar-refractivity contribution in [3.63, 3.8) is 0 Å². The van der Waals surface area contributed by atoms with Crippen LogP contribution in [0.25, 0.3) is 5.69 Å². The van der Waals surface area contributed by atoms with Crippen LogP contribution in [0.5, 0.6) is 17.5 Å². The SMILES string of the molecule is C[C@@]12O[C@@](C)(C[C@H]1Oc1ccccc1)c1c2c(O)n(-c2ccc(C#N)c(C(F)(F)F)c2)c1O. The van der Waals surface area contributed by atoms with E-state index in [4.69, 9.17) is 14.7 Å². The molecule has 0 unspecified atom stereocenters. The predicted octanol–water partition coefficient (Wildman–Crippen LogP) is 5.09. The Balaban J connectivity index is 1.64. The number of nitriles is 1. The minimum Gasteiger partial charge on any atom is -0.494 e. The average molecular weight is 456 g/mol. The first kappa shape index (κ1) is 21.2. The zero-order chi connectivity index (χ0) is 23.8. The molecule has 2 bridgehead atoms. The third kappa shape index (κ3) is 2.91. The Kier molecular flexibility index (Phi) is 4.30. The van der Waals surface area contributed by atoms with Gasteiger partial charge in [0.2, 0.25) is 11.8 Å². The van der Waals surface area contributed by atoms with Crippen molar-refractivity contribution in [3.05, 3.63) is 70.8 Å². The number of hydrogen-bond donors (Lipinski definition) is 2. The van der Waals surface area contributed by atoms with Crippen molar-refractivity contribution in [3.8, 4) is 29.3 Å². The summed E-state index contributed by atoms with van der Waals surface area (Å²) >= 11 is 0. The zero-order valence-electron chi connectivity index (χ0n) is 17.6. The topological polar surface area (TPSA) is 87.6 Å². The lowest BCUT2D eigenvalue weighted by molar-refractivity contribution is -0.137. The van der Waals surface area contributed by atoms with Crippen LogP contribution in [-0.4, -0.2) is 20.9 Å². The van der Waals surface area contributed by atoms with E-state index in [1.54, 1.807) is 26.0 Å². The molecule has 1 saturated heterocycles.